The minimum absolute atomic E-state index is 0.0692. The number of nitrogens with zero attached hydrogens (tertiary/aromatic N) is 2. The van der Waals surface area contributed by atoms with E-state index >= 15 is 0 Å². The number of carbonyl (C=O) groups is 2. The molecule has 6 nitrogen and oxygen atoms in total. The number of aromatic nitrogens is 1. The van der Waals surface area contributed by atoms with Crippen LogP contribution in [-0.4, -0.2) is 60.6 Å². The van der Waals surface area contributed by atoms with E-state index in [-0.39, 0.29) is 17.5 Å². The standard InChI is InChI=1S/C22H28FN3O3/c1-15-20(17(3)27)16(2)26(14-18-4-6-19(23)7-5-18)21(15)22(28)24-8-9-25-10-12-29-13-11-25/h4-7H,8-14H2,1-3H3,(H,24,28). The maximum Gasteiger partial charge on any atom is 0.268 e. The zero-order chi connectivity index (χ0) is 21.0. The number of rotatable bonds is 7. The molecule has 1 aliphatic rings. The predicted molar refractivity (Wildman–Crippen MR) is 109 cm³/mol. The van der Waals surface area contributed by atoms with Crippen LogP contribution in [0.15, 0.2) is 24.3 Å². The summed E-state index contributed by atoms with van der Waals surface area (Å²) in [5, 5.41) is 2.99. The molecule has 1 aromatic carbocycles. The van der Waals surface area contributed by atoms with E-state index in [1.54, 1.807) is 12.1 Å². The molecule has 3 rings (SSSR count). The van der Waals surface area contributed by atoms with Gasteiger partial charge in [0.2, 0.25) is 0 Å². The summed E-state index contributed by atoms with van der Waals surface area (Å²) in [5.41, 5.74) is 3.35. The molecule has 0 radical (unpaired) electrons. The number of nitrogens with one attached hydrogen (secondary N) is 1. The molecule has 0 spiro atoms. The molecule has 0 aliphatic carbocycles. The second-order valence-corrected chi connectivity index (χ2v) is 7.41. The highest BCUT2D eigenvalue weighted by Gasteiger charge is 2.25. The minimum atomic E-state index is -0.306. The third-order valence-electron chi connectivity index (χ3n) is 5.41. The highest BCUT2D eigenvalue weighted by atomic mass is 19.1. The van der Waals surface area contributed by atoms with Gasteiger partial charge in [-0.2, -0.15) is 0 Å². The lowest BCUT2D eigenvalue weighted by atomic mass is 10.1. The Balaban J connectivity index is 1.81. The normalized spacial score (nSPS) is 14.8. The molecular weight excluding hydrogens is 373 g/mol. The Morgan fingerprint density at radius 3 is 2.41 bits per heavy atom. The van der Waals surface area contributed by atoms with Crippen LogP contribution in [0.5, 0.6) is 0 Å². The smallest absolute Gasteiger partial charge is 0.268 e. The summed E-state index contributed by atoms with van der Waals surface area (Å²) in [5.74, 6) is -0.576. The Morgan fingerprint density at radius 1 is 1.14 bits per heavy atom. The number of amides is 1. The molecule has 1 amide bonds. The number of carbonyl (C=O) groups excluding carboxylic acids is 2. The van der Waals surface area contributed by atoms with Gasteiger partial charge in [-0.15, -0.1) is 0 Å². The quantitative estimate of drug-likeness (QED) is 0.725. The molecule has 7 heteroatoms. The van der Waals surface area contributed by atoms with Crippen molar-refractivity contribution in [2.75, 3.05) is 39.4 Å². The summed E-state index contributed by atoms with van der Waals surface area (Å²) >= 11 is 0. The average Bonchev–Trinajstić information content (AvgIpc) is 2.94. The van der Waals surface area contributed by atoms with E-state index in [0.717, 1.165) is 44.1 Å². The van der Waals surface area contributed by atoms with Crippen LogP contribution < -0.4 is 5.32 Å². The average molecular weight is 401 g/mol. The number of ether oxygens (including phenoxy) is 1. The van der Waals surface area contributed by atoms with Crippen molar-refractivity contribution < 1.29 is 18.7 Å². The second kappa shape index (κ2) is 9.33. The van der Waals surface area contributed by atoms with Crippen molar-refractivity contribution in [3.8, 4) is 0 Å². The van der Waals surface area contributed by atoms with Gasteiger partial charge in [0.1, 0.15) is 11.5 Å². The van der Waals surface area contributed by atoms with Crippen molar-refractivity contribution >= 4 is 11.7 Å². The molecule has 2 aromatic rings. The number of ketones is 1. The van der Waals surface area contributed by atoms with Crippen LogP contribution in [0, 0.1) is 19.7 Å². The molecule has 1 aromatic heterocycles. The summed E-state index contributed by atoms with van der Waals surface area (Å²) < 4.78 is 20.4. The van der Waals surface area contributed by atoms with Crippen molar-refractivity contribution in [1.29, 1.82) is 0 Å². The van der Waals surface area contributed by atoms with Crippen molar-refractivity contribution in [3.05, 3.63) is 58.2 Å². The van der Waals surface area contributed by atoms with Gasteiger partial charge in [0, 0.05) is 44.0 Å². The first-order chi connectivity index (χ1) is 13.9. The molecule has 0 unspecified atom stereocenters. The van der Waals surface area contributed by atoms with Gasteiger partial charge >= 0.3 is 0 Å². The fourth-order valence-electron chi connectivity index (χ4n) is 3.91. The highest BCUT2D eigenvalue weighted by Crippen LogP contribution is 2.24. The SMILES string of the molecule is CC(=O)c1c(C)c(C(=O)NCCN2CCOCC2)n(Cc2ccc(F)cc2)c1C. The van der Waals surface area contributed by atoms with E-state index in [1.807, 2.05) is 18.4 Å². The Kier molecular flexibility index (Phi) is 6.82. The van der Waals surface area contributed by atoms with Crippen LogP contribution in [0.1, 0.15) is 44.6 Å². The molecule has 2 heterocycles. The Labute approximate surface area is 170 Å². The van der Waals surface area contributed by atoms with Gasteiger partial charge in [-0.3, -0.25) is 14.5 Å². The molecule has 0 atom stereocenters. The molecule has 1 N–H and O–H groups in total. The van der Waals surface area contributed by atoms with Crippen LogP contribution in [0.4, 0.5) is 4.39 Å². The number of morpholine rings is 1. The maximum absolute atomic E-state index is 13.3. The van der Waals surface area contributed by atoms with E-state index in [9.17, 15) is 14.0 Å². The lowest BCUT2D eigenvalue weighted by Crippen LogP contribution is -2.41. The zero-order valence-electron chi connectivity index (χ0n) is 17.3. The number of halogens is 1. The fourth-order valence-corrected chi connectivity index (χ4v) is 3.91. The van der Waals surface area contributed by atoms with E-state index in [4.69, 9.17) is 4.74 Å². The first kappa shape index (κ1) is 21.2. The number of benzene rings is 1. The Hall–Kier alpha value is -2.51. The van der Waals surface area contributed by atoms with Crippen LogP contribution in [-0.2, 0) is 11.3 Å². The van der Waals surface area contributed by atoms with Crippen molar-refractivity contribution in [2.45, 2.75) is 27.3 Å². The largest absolute Gasteiger partial charge is 0.379 e. The second-order valence-electron chi connectivity index (χ2n) is 7.41. The van der Waals surface area contributed by atoms with Gasteiger partial charge in [-0.25, -0.2) is 4.39 Å². The highest BCUT2D eigenvalue weighted by molar-refractivity contribution is 6.02. The van der Waals surface area contributed by atoms with Gasteiger partial charge < -0.3 is 14.6 Å². The first-order valence-electron chi connectivity index (χ1n) is 9.92. The Morgan fingerprint density at radius 2 is 1.79 bits per heavy atom. The summed E-state index contributed by atoms with van der Waals surface area (Å²) in [7, 11) is 0. The van der Waals surface area contributed by atoms with Gasteiger partial charge in [0.25, 0.3) is 5.91 Å². The van der Waals surface area contributed by atoms with Crippen molar-refractivity contribution in [3.63, 3.8) is 0 Å². The van der Waals surface area contributed by atoms with Gasteiger partial charge in [0.05, 0.1) is 13.2 Å². The maximum atomic E-state index is 13.3. The summed E-state index contributed by atoms with van der Waals surface area (Å²) in [4.78, 5) is 27.4. The lowest BCUT2D eigenvalue weighted by Gasteiger charge is -2.26. The predicted octanol–water partition coefficient (Wildman–Crippen LogP) is 2.56. The van der Waals surface area contributed by atoms with E-state index < -0.39 is 0 Å². The Bertz CT molecular complexity index is 884. The van der Waals surface area contributed by atoms with E-state index in [2.05, 4.69) is 10.2 Å². The fraction of sp³-hybridized carbons (Fsp3) is 0.455. The van der Waals surface area contributed by atoms with Gasteiger partial charge in [-0.1, -0.05) is 12.1 Å². The third kappa shape index (κ3) is 4.92. The molecule has 1 aliphatic heterocycles. The summed E-state index contributed by atoms with van der Waals surface area (Å²) in [6, 6.07) is 6.18. The van der Waals surface area contributed by atoms with Gasteiger partial charge in [-0.05, 0) is 44.0 Å². The van der Waals surface area contributed by atoms with Crippen LogP contribution in [0.3, 0.4) is 0 Å². The molecular formula is C22H28FN3O3. The van der Waals surface area contributed by atoms with Crippen LogP contribution in [0.2, 0.25) is 0 Å². The summed E-state index contributed by atoms with van der Waals surface area (Å²) in [6.45, 7) is 10.00. The third-order valence-corrected chi connectivity index (χ3v) is 5.41. The van der Waals surface area contributed by atoms with Crippen LogP contribution in [0.25, 0.3) is 0 Å². The van der Waals surface area contributed by atoms with Crippen LogP contribution >= 0.6 is 0 Å². The molecule has 1 saturated heterocycles. The monoisotopic (exact) mass is 401 g/mol. The lowest BCUT2D eigenvalue weighted by molar-refractivity contribution is 0.0383. The van der Waals surface area contributed by atoms with Gasteiger partial charge in [0.15, 0.2) is 5.78 Å². The molecule has 0 saturated carbocycles. The number of Topliss-reactive ketones (excluding diaryl/α,β-unsaturated/α-hetero) is 1. The van der Waals surface area contributed by atoms with Crippen molar-refractivity contribution in [2.24, 2.45) is 0 Å². The molecule has 156 valence electrons. The number of hydrogen-bond acceptors (Lipinski definition) is 4. The summed E-state index contributed by atoms with van der Waals surface area (Å²) in [6.07, 6.45) is 0. The van der Waals surface area contributed by atoms with E-state index in [1.165, 1.54) is 19.1 Å². The molecule has 1 fully saturated rings. The zero-order valence-corrected chi connectivity index (χ0v) is 17.3. The topological polar surface area (TPSA) is 63.6 Å². The van der Waals surface area contributed by atoms with Crippen molar-refractivity contribution in [1.82, 2.24) is 14.8 Å². The van der Waals surface area contributed by atoms with E-state index in [0.29, 0.717) is 29.9 Å². The first-order valence-corrected chi connectivity index (χ1v) is 9.92. The molecule has 29 heavy (non-hydrogen) atoms. The number of hydrogen-bond donors (Lipinski definition) is 1. The molecule has 0 bridgehead atoms. The minimum Gasteiger partial charge on any atom is -0.379 e.